The van der Waals surface area contributed by atoms with Crippen LogP contribution < -0.4 is 5.32 Å². The van der Waals surface area contributed by atoms with Gasteiger partial charge in [0.05, 0.1) is 25.4 Å². The molecule has 1 saturated carbocycles. The third kappa shape index (κ3) is 4.16. The van der Waals surface area contributed by atoms with Crippen LogP contribution in [0.15, 0.2) is 24.3 Å². The largest absolute Gasteiger partial charge is 0.393 e. The van der Waals surface area contributed by atoms with Crippen LogP contribution in [0.4, 0.5) is 4.79 Å². The van der Waals surface area contributed by atoms with Crippen molar-refractivity contribution >= 4 is 17.6 Å². The maximum absolute atomic E-state index is 12.5. The average Bonchev–Trinajstić information content (AvgIpc) is 3.26. The number of aliphatic hydroxyl groups excluding tert-OH is 1. The van der Waals surface area contributed by atoms with Crippen molar-refractivity contribution in [2.24, 2.45) is 0 Å². The minimum Gasteiger partial charge on any atom is -0.393 e. The SMILES string of the molecule is C[C@H](O)C[C@@H]1COCCN1C(=O)N[C@H]1C[C@@H]1c1cccc(Cl)c1. The van der Waals surface area contributed by atoms with Gasteiger partial charge in [0.25, 0.3) is 0 Å². The fourth-order valence-corrected chi connectivity index (χ4v) is 3.41. The Morgan fingerprint density at radius 2 is 2.39 bits per heavy atom. The Bertz CT molecular complexity index is 567. The van der Waals surface area contributed by atoms with Crippen LogP contribution in [0.2, 0.25) is 5.02 Å². The highest BCUT2D eigenvalue weighted by atomic mass is 35.5. The molecule has 1 aliphatic carbocycles. The molecule has 0 radical (unpaired) electrons. The second kappa shape index (κ2) is 7.07. The number of hydrogen-bond donors (Lipinski definition) is 2. The molecule has 23 heavy (non-hydrogen) atoms. The van der Waals surface area contributed by atoms with Gasteiger partial charge in [-0.05, 0) is 37.5 Å². The van der Waals surface area contributed by atoms with E-state index in [2.05, 4.69) is 5.32 Å². The van der Waals surface area contributed by atoms with Crippen molar-refractivity contribution in [3.8, 4) is 0 Å². The number of benzene rings is 1. The topological polar surface area (TPSA) is 61.8 Å². The molecule has 3 rings (SSSR count). The number of rotatable bonds is 4. The van der Waals surface area contributed by atoms with E-state index < -0.39 is 6.10 Å². The zero-order valence-electron chi connectivity index (χ0n) is 13.2. The number of urea groups is 1. The van der Waals surface area contributed by atoms with Gasteiger partial charge in [0.1, 0.15) is 0 Å². The van der Waals surface area contributed by atoms with Crippen molar-refractivity contribution in [3.63, 3.8) is 0 Å². The quantitative estimate of drug-likeness (QED) is 0.886. The van der Waals surface area contributed by atoms with Crippen LogP contribution >= 0.6 is 11.6 Å². The smallest absolute Gasteiger partial charge is 0.318 e. The lowest BCUT2D eigenvalue weighted by Gasteiger charge is -2.36. The summed E-state index contributed by atoms with van der Waals surface area (Å²) in [4.78, 5) is 14.3. The number of aliphatic hydroxyl groups is 1. The maximum atomic E-state index is 12.5. The fourth-order valence-electron chi connectivity index (χ4n) is 3.21. The molecular formula is C17H23ClN2O3. The lowest BCUT2D eigenvalue weighted by atomic mass is 10.1. The van der Waals surface area contributed by atoms with Crippen molar-refractivity contribution in [1.29, 1.82) is 0 Å². The molecule has 1 aliphatic heterocycles. The number of nitrogens with one attached hydrogen (secondary N) is 1. The molecule has 2 amide bonds. The minimum atomic E-state index is -0.447. The van der Waals surface area contributed by atoms with E-state index in [-0.39, 0.29) is 18.1 Å². The van der Waals surface area contributed by atoms with Crippen molar-refractivity contribution in [3.05, 3.63) is 34.9 Å². The van der Waals surface area contributed by atoms with Gasteiger partial charge >= 0.3 is 6.03 Å². The van der Waals surface area contributed by atoms with E-state index in [0.29, 0.717) is 32.1 Å². The second-order valence-electron chi connectivity index (χ2n) is 6.46. The Morgan fingerprint density at radius 3 is 3.13 bits per heavy atom. The molecule has 6 heteroatoms. The van der Waals surface area contributed by atoms with Crippen LogP contribution in [0.1, 0.15) is 31.2 Å². The van der Waals surface area contributed by atoms with Crippen LogP contribution in [0, 0.1) is 0 Å². The van der Waals surface area contributed by atoms with Crippen LogP contribution in [0.5, 0.6) is 0 Å². The van der Waals surface area contributed by atoms with Crippen molar-refractivity contribution < 1.29 is 14.6 Å². The first-order valence-corrected chi connectivity index (χ1v) is 8.51. The van der Waals surface area contributed by atoms with E-state index in [4.69, 9.17) is 16.3 Å². The van der Waals surface area contributed by atoms with Crippen molar-refractivity contribution in [2.75, 3.05) is 19.8 Å². The van der Waals surface area contributed by atoms with Gasteiger partial charge in [-0.1, -0.05) is 23.7 Å². The molecule has 2 aliphatic rings. The molecule has 0 aromatic heterocycles. The van der Waals surface area contributed by atoms with Gasteiger partial charge in [0, 0.05) is 23.5 Å². The third-order valence-electron chi connectivity index (χ3n) is 4.48. The summed E-state index contributed by atoms with van der Waals surface area (Å²) in [5, 5.41) is 13.4. The summed E-state index contributed by atoms with van der Waals surface area (Å²) in [6, 6.07) is 7.85. The molecule has 2 fully saturated rings. The number of amides is 2. The lowest BCUT2D eigenvalue weighted by Crippen LogP contribution is -2.53. The fraction of sp³-hybridized carbons (Fsp3) is 0.588. The standard InChI is InChI=1S/C17H23ClN2O3/c1-11(21)7-14-10-23-6-5-20(14)17(22)19-16-9-15(16)12-3-2-4-13(18)8-12/h2-4,8,11,14-16,21H,5-7,9-10H2,1H3,(H,19,22)/t11-,14+,15+,16-/m0/s1. The lowest BCUT2D eigenvalue weighted by molar-refractivity contribution is -0.00439. The summed E-state index contributed by atoms with van der Waals surface area (Å²) in [6.45, 7) is 3.34. The van der Waals surface area contributed by atoms with Gasteiger partial charge in [-0.15, -0.1) is 0 Å². The van der Waals surface area contributed by atoms with Crippen molar-refractivity contribution in [1.82, 2.24) is 10.2 Å². The summed E-state index contributed by atoms with van der Waals surface area (Å²) in [5.41, 5.74) is 1.17. The van der Waals surface area contributed by atoms with Gasteiger partial charge in [-0.2, -0.15) is 0 Å². The van der Waals surface area contributed by atoms with E-state index in [0.717, 1.165) is 11.4 Å². The molecule has 2 N–H and O–H groups in total. The van der Waals surface area contributed by atoms with E-state index in [1.54, 1.807) is 11.8 Å². The highest BCUT2D eigenvalue weighted by Crippen LogP contribution is 2.41. The van der Waals surface area contributed by atoms with Crippen LogP contribution in [-0.2, 0) is 4.74 Å². The average molecular weight is 339 g/mol. The first-order valence-electron chi connectivity index (χ1n) is 8.13. The molecule has 4 atom stereocenters. The Morgan fingerprint density at radius 1 is 1.57 bits per heavy atom. The number of ether oxygens (including phenoxy) is 1. The predicted octanol–water partition coefficient (Wildman–Crippen LogP) is 2.38. The molecule has 1 aromatic rings. The van der Waals surface area contributed by atoms with E-state index in [1.165, 1.54) is 5.56 Å². The zero-order chi connectivity index (χ0) is 16.4. The van der Waals surface area contributed by atoms with Gasteiger partial charge in [-0.25, -0.2) is 4.79 Å². The highest BCUT2D eigenvalue weighted by Gasteiger charge is 2.41. The predicted molar refractivity (Wildman–Crippen MR) is 88.7 cm³/mol. The third-order valence-corrected chi connectivity index (χ3v) is 4.71. The number of carbonyl (C=O) groups excluding carboxylic acids is 1. The number of hydrogen-bond acceptors (Lipinski definition) is 3. The minimum absolute atomic E-state index is 0.0616. The molecule has 126 valence electrons. The molecule has 0 unspecified atom stereocenters. The van der Waals surface area contributed by atoms with E-state index >= 15 is 0 Å². The first kappa shape index (κ1) is 16.6. The number of nitrogens with zero attached hydrogens (tertiary/aromatic N) is 1. The monoisotopic (exact) mass is 338 g/mol. The summed E-state index contributed by atoms with van der Waals surface area (Å²) < 4.78 is 5.44. The van der Waals surface area contributed by atoms with E-state index in [9.17, 15) is 9.90 Å². The summed E-state index contributed by atoms with van der Waals surface area (Å²) >= 11 is 6.03. The Hall–Kier alpha value is -1.30. The van der Waals surface area contributed by atoms with Gasteiger partial charge < -0.3 is 20.1 Å². The van der Waals surface area contributed by atoms with Crippen LogP contribution in [-0.4, -0.2) is 54.0 Å². The molecular weight excluding hydrogens is 316 g/mol. The Balaban J connectivity index is 1.57. The van der Waals surface area contributed by atoms with E-state index in [1.807, 2.05) is 24.3 Å². The zero-order valence-corrected chi connectivity index (χ0v) is 14.0. The summed E-state index contributed by atoms with van der Waals surface area (Å²) in [5.74, 6) is 0.342. The normalized spacial score (nSPS) is 28.3. The first-order chi connectivity index (χ1) is 11.0. The second-order valence-corrected chi connectivity index (χ2v) is 6.90. The Labute approximate surface area is 141 Å². The van der Waals surface area contributed by atoms with Crippen LogP contribution in [0.3, 0.4) is 0 Å². The van der Waals surface area contributed by atoms with Crippen molar-refractivity contribution in [2.45, 2.75) is 43.9 Å². The molecule has 1 saturated heterocycles. The molecule has 5 nitrogen and oxygen atoms in total. The molecule has 0 spiro atoms. The summed E-state index contributed by atoms with van der Waals surface area (Å²) in [6.07, 6.45) is 1.03. The molecule has 0 bridgehead atoms. The maximum Gasteiger partial charge on any atom is 0.318 e. The van der Waals surface area contributed by atoms with Gasteiger partial charge in [0.2, 0.25) is 0 Å². The number of morpholine rings is 1. The molecule has 1 aromatic carbocycles. The highest BCUT2D eigenvalue weighted by molar-refractivity contribution is 6.30. The van der Waals surface area contributed by atoms with Crippen LogP contribution in [0.25, 0.3) is 0 Å². The summed E-state index contributed by atoms with van der Waals surface area (Å²) in [7, 11) is 0. The molecule has 1 heterocycles. The van der Waals surface area contributed by atoms with Gasteiger partial charge in [0.15, 0.2) is 0 Å². The number of carbonyl (C=O) groups is 1. The Kier molecular flexibility index (Phi) is 5.09. The van der Waals surface area contributed by atoms with Gasteiger partial charge in [-0.3, -0.25) is 0 Å². The number of halogens is 1.